The van der Waals surface area contributed by atoms with Crippen LogP contribution in [0.25, 0.3) is 0 Å². The molecule has 2 aliphatic rings. The Morgan fingerprint density at radius 1 is 1.37 bits per heavy atom. The molecule has 7 N–H and O–H groups in total. The van der Waals surface area contributed by atoms with Gasteiger partial charge in [-0.05, 0) is 55.6 Å². The van der Waals surface area contributed by atoms with E-state index in [1.54, 1.807) is 6.07 Å². The van der Waals surface area contributed by atoms with Crippen LogP contribution in [0.4, 0.5) is 5.69 Å². The summed E-state index contributed by atoms with van der Waals surface area (Å²) in [6, 6.07) is 2.27. The summed E-state index contributed by atoms with van der Waals surface area (Å²) in [6.07, 6.45) is 1.36. The molecule has 1 amide bonds. The van der Waals surface area contributed by atoms with Gasteiger partial charge < -0.3 is 26.8 Å². The van der Waals surface area contributed by atoms with E-state index in [0.29, 0.717) is 17.7 Å². The number of amides is 1. The maximum atomic E-state index is 13.6. The largest absolute Gasteiger partial charge is 0.480 e. The van der Waals surface area contributed by atoms with Gasteiger partial charge >= 0.3 is 5.97 Å². The molecule has 0 radical (unpaired) electrons. The molecule has 1 fully saturated rings. The van der Waals surface area contributed by atoms with Crippen molar-refractivity contribution in [3.8, 4) is 0 Å². The second kappa shape index (κ2) is 11.3. The first-order valence-electron chi connectivity index (χ1n) is 13.2. The van der Waals surface area contributed by atoms with E-state index in [1.807, 2.05) is 6.92 Å². The van der Waals surface area contributed by atoms with Crippen LogP contribution in [0.3, 0.4) is 0 Å². The first-order valence-corrected chi connectivity index (χ1v) is 13.2. The van der Waals surface area contributed by atoms with Gasteiger partial charge in [0, 0.05) is 23.7 Å². The molecule has 1 saturated heterocycles. The van der Waals surface area contributed by atoms with Crippen LogP contribution in [0.1, 0.15) is 49.1 Å². The minimum atomic E-state index is -4.27. The molecule has 0 saturated carbocycles. The van der Waals surface area contributed by atoms with Crippen molar-refractivity contribution in [3.63, 3.8) is 0 Å². The molecule has 1 aromatic rings. The highest BCUT2D eigenvalue weighted by Crippen LogP contribution is 2.31. The minimum Gasteiger partial charge on any atom is -0.480 e. The molecular formula is C23H36N6O5S. The number of likely N-dealkylation sites (tertiary alicyclic amines) is 1. The number of sulfonamides is 1. The van der Waals surface area contributed by atoms with Crippen LogP contribution in [0.5, 0.6) is 0 Å². The van der Waals surface area contributed by atoms with E-state index in [1.165, 1.54) is 17.0 Å². The number of rotatable bonds is 9. The van der Waals surface area contributed by atoms with Crippen LogP contribution in [-0.2, 0) is 26.0 Å². The Kier molecular flexibility index (Phi) is 7.26. The fourth-order valence-corrected chi connectivity index (χ4v) is 6.01. The fraction of sp³-hybridized carbons (Fsp3) is 0.609. The second-order valence-corrected chi connectivity index (χ2v) is 10.9. The molecule has 3 rings (SSSR count). The third kappa shape index (κ3) is 6.63. The first kappa shape index (κ1) is 22.6. The zero-order chi connectivity index (χ0) is 28.3. The van der Waals surface area contributed by atoms with Crippen molar-refractivity contribution >= 4 is 33.5 Å². The summed E-state index contributed by atoms with van der Waals surface area (Å²) in [4.78, 5) is 30.5. The number of hydrogen-bond acceptors (Lipinski definition) is 6. The van der Waals surface area contributed by atoms with Gasteiger partial charge in [-0.2, -0.15) is 4.72 Å². The summed E-state index contributed by atoms with van der Waals surface area (Å²) in [7, 11) is -4.27. The number of benzene rings is 1. The zero-order valence-corrected chi connectivity index (χ0v) is 20.6. The van der Waals surface area contributed by atoms with E-state index in [-0.39, 0.29) is 62.1 Å². The van der Waals surface area contributed by atoms with Gasteiger partial charge in [-0.3, -0.25) is 9.79 Å². The van der Waals surface area contributed by atoms with Gasteiger partial charge in [-0.15, -0.1) is 0 Å². The molecule has 1 unspecified atom stereocenters. The number of nitrogens with two attached hydrogens (primary N) is 2. The summed E-state index contributed by atoms with van der Waals surface area (Å²) in [5, 5.41) is 12.7. The van der Waals surface area contributed by atoms with E-state index in [9.17, 15) is 23.1 Å². The summed E-state index contributed by atoms with van der Waals surface area (Å²) in [5.41, 5.74) is 11.6. The lowest BCUT2D eigenvalue weighted by Gasteiger charge is -2.38. The van der Waals surface area contributed by atoms with Gasteiger partial charge in [0.1, 0.15) is 17.0 Å². The third-order valence-electron chi connectivity index (χ3n) is 6.37. The lowest BCUT2D eigenvalue weighted by atomic mass is 9.91. The maximum absolute atomic E-state index is 13.6. The number of nitrogens with one attached hydrogen (secondary N) is 2. The van der Waals surface area contributed by atoms with Crippen LogP contribution in [0.2, 0.25) is 0 Å². The van der Waals surface area contributed by atoms with E-state index < -0.39 is 46.8 Å². The number of nitrogens with zero attached hydrogens (tertiary/aromatic N) is 2. The topological polar surface area (TPSA) is 180 Å². The van der Waals surface area contributed by atoms with Crippen LogP contribution >= 0.6 is 0 Å². The van der Waals surface area contributed by atoms with E-state index in [0.717, 1.165) is 0 Å². The highest BCUT2D eigenvalue weighted by Gasteiger charge is 2.39. The average molecular weight is 512 g/mol. The van der Waals surface area contributed by atoms with Crippen molar-refractivity contribution < 1.29 is 27.2 Å². The van der Waals surface area contributed by atoms with Crippen molar-refractivity contribution in [2.75, 3.05) is 25.0 Å². The van der Waals surface area contributed by atoms with Crippen molar-refractivity contribution in [1.82, 2.24) is 9.62 Å². The standard InChI is InChI=1S/C23H36N6O5S/c1-14-8-10-29(18(12-14)22(31)32)21(30)17(6-4-9-26-23(24)25)28-35(33,34)19-7-3-5-16-11-15(2)13-27-20(16)19/h3,5,7,14-15,17-18,27-28H,4,6,8-13H2,1-2H3,(H,31,32)(H4,24,25,26)/t14-,15?,17+,18-/m1/s1/i2D3. The third-order valence-corrected chi connectivity index (χ3v) is 7.88. The molecule has 194 valence electrons. The molecule has 0 bridgehead atoms. The van der Waals surface area contributed by atoms with Crippen LogP contribution in [0, 0.1) is 11.8 Å². The van der Waals surface area contributed by atoms with Gasteiger partial charge in [-0.25, -0.2) is 13.2 Å². The molecule has 0 aromatic heterocycles. The lowest BCUT2D eigenvalue weighted by molar-refractivity contribution is -0.153. The summed E-state index contributed by atoms with van der Waals surface area (Å²) in [5.74, 6) is -2.46. The number of guanidine groups is 1. The summed E-state index contributed by atoms with van der Waals surface area (Å²) in [6.45, 7) is 0.143. The predicted molar refractivity (Wildman–Crippen MR) is 133 cm³/mol. The maximum Gasteiger partial charge on any atom is 0.326 e. The molecule has 11 nitrogen and oxygen atoms in total. The van der Waals surface area contributed by atoms with E-state index >= 15 is 0 Å². The van der Waals surface area contributed by atoms with Gasteiger partial charge in [0.05, 0.1) is 5.69 Å². The Balaban J connectivity index is 1.89. The van der Waals surface area contributed by atoms with Crippen molar-refractivity contribution in [2.24, 2.45) is 28.3 Å². The normalized spacial score (nSPS) is 24.7. The molecule has 2 aliphatic heterocycles. The molecule has 0 aliphatic carbocycles. The van der Waals surface area contributed by atoms with Crippen LogP contribution < -0.4 is 21.5 Å². The van der Waals surface area contributed by atoms with Crippen molar-refractivity contribution in [3.05, 3.63) is 23.8 Å². The molecule has 1 aromatic carbocycles. The smallest absolute Gasteiger partial charge is 0.326 e. The average Bonchev–Trinajstić information content (AvgIpc) is 2.83. The Morgan fingerprint density at radius 2 is 2.14 bits per heavy atom. The van der Waals surface area contributed by atoms with Gasteiger partial charge in [0.15, 0.2) is 5.96 Å². The second-order valence-electron chi connectivity index (χ2n) is 9.21. The minimum absolute atomic E-state index is 0.0385. The number of carbonyl (C=O) groups excluding carboxylic acids is 1. The number of hydrogen-bond donors (Lipinski definition) is 5. The predicted octanol–water partition coefficient (Wildman–Crippen LogP) is 0.703. The number of fused-ring (bicyclic) bond motifs is 1. The molecule has 12 heteroatoms. The van der Waals surface area contributed by atoms with Gasteiger partial charge in [0.2, 0.25) is 15.9 Å². The summed E-state index contributed by atoms with van der Waals surface area (Å²) < 4.78 is 52.7. The highest BCUT2D eigenvalue weighted by atomic mass is 32.2. The van der Waals surface area contributed by atoms with Crippen LogP contribution in [0.15, 0.2) is 28.1 Å². The molecule has 35 heavy (non-hydrogen) atoms. The van der Waals surface area contributed by atoms with Gasteiger partial charge in [0.25, 0.3) is 0 Å². The number of aliphatic imine (C=N–C) groups is 1. The summed E-state index contributed by atoms with van der Waals surface area (Å²) >= 11 is 0. The number of carbonyl (C=O) groups is 2. The van der Waals surface area contributed by atoms with Crippen LogP contribution in [-0.4, -0.2) is 68.0 Å². The monoisotopic (exact) mass is 511 g/mol. The molecule has 0 spiro atoms. The van der Waals surface area contributed by atoms with E-state index in [2.05, 4.69) is 15.0 Å². The SMILES string of the molecule is [2H]C([2H])([2H])C1CNc2c(cccc2S(=O)(=O)N[C@@H](CCCN=C(N)N)C(=O)N2CC[C@@H](C)C[C@@H]2C(=O)O)C1. The highest BCUT2D eigenvalue weighted by molar-refractivity contribution is 7.89. The Bertz CT molecular complexity index is 1170. The van der Waals surface area contributed by atoms with Crippen molar-refractivity contribution in [1.29, 1.82) is 0 Å². The molecule has 2 heterocycles. The number of para-hydroxylation sites is 1. The Labute approximate surface area is 210 Å². The number of carboxylic acids is 1. The van der Waals surface area contributed by atoms with Crippen molar-refractivity contribution in [2.45, 2.75) is 62.9 Å². The number of piperidine rings is 1. The van der Waals surface area contributed by atoms with E-state index in [4.69, 9.17) is 15.6 Å². The quantitative estimate of drug-likeness (QED) is 0.182. The zero-order valence-electron chi connectivity index (χ0n) is 22.7. The molecular weight excluding hydrogens is 472 g/mol. The van der Waals surface area contributed by atoms with Gasteiger partial charge in [-0.1, -0.05) is 25.9 Å². The number of carboxylic acid groups (broad SMARTS) is 1. The lowest BCUT2D eigenvalue weighted by Crippen LogP contribution is -2.56. The Morgan fingerprint density at radius 3 is 2.83 bits per heavy atom. The fourth-order valence-electron chi connectivity index (χ4n) is 4.56. The molecule has 4 atom stereocenters. The first-order chi connectivity index (χ1) is 17.7. The Hall–Kier alpha value is -2.86. The number of anilines is 1. The number of aliphatic carboxylic acids is 1.